The Morgan fingerprint density at radius 3 is 2.30 bits per heavy atom. The number of esters is 2. The lowest BCUT2D eigenvalue weighted by Gasteiger charge is -2.36. The molecule has 0 unspecified atom stereocenters. The molecule has 4 rings (SSSR count). The Labute approximate surface area is 183 Å². The highest BCUT2D eigenvalue weighted by Gasteiger charge is 2.58. The summed E-state index contributed by atoms with van der Waals surface area (Å²) >= 11 is 3.51. The average molecular weight is 463 g/mol. The van der Waals surface area contributed by atoms with Crippen LogP contribution in [0.2, 0.25) is 0 Å². The smallest absolute Gasteiger partial charge is 0.333 e. The Bertz CT molecular complexity index is 1120. The van der Waals surface area contributed by atoms with E-state index in [2.05, 4.69) is 22.5 Å². The van der Waals surface area contributed by atoms with Gasteiger partial charge in [-0.05, 0) is 29.3 Å². The molecule has 0 bridgehead atoms. The molecule has 3 aromatic carbocycles. The lowest BCUT2D eigenvalue weighted by atomic mass is 9.62. The highest BCUT2D eigenvalue weighted by molar-refractivity contribution is 9.10. The van der Waals surface area contributed by atoms with Crippen LogP contribution in [0.5, 0.6) is 5.75 Å². The molecule has 1 aliphatic rings. The number of hydrogen-bond acceptors (Lipinski definition) is 4. The van der Waals surface area contributed by atoms with Crippen LogP contribution in [0.15, 0.2) is 95.5 Å². The average Bonchev–Trinajstić information content (AvgIpc) is 3.06. The predicted octanol–water partition coefficient (Wildman–Crippen LogP) is 5.17. The van der Waals surface area contributed by atoms with Gasteiger partial charge in [-0.2, -0.15) is 0 Å². The van der Waals surface area contributed by atoms with Crippen LogP contribution in [0.3, 0.4) is 0 Å². The first-order valence-corrected chi connectivity index (χ1v) is 10.2. The van der Waals surface area contributed by atoms with E-state index in [-0.39, 0.29) is 5.57 Å². The second-order valence-corrected chi connectivity index (χ2v) is 7.98. The minimum atomic E-state index is -1.30. The van der Waals surface area contributed by atoms with Crippen molar-refractivity contribution in [2.75, 3.05) is 7.11 Å². The predicted molar refractivity (Wildman–Crippen MR) is 117 cm³/mol. The van der Waals surface area contributed by atoms with Crippen LogP contribution in [-0.4, -0.2) is 19.0 Å². The summed E-state index contributed by atoms with van der Waals surface area (Å²) < 4.78 is 11.5. The second-order valence-electron chi connectivity index (χ2n) is 7.06. The molecule has 0 N–H and O–H groups in total. The first-order chi connectivity index (χ1) is 14.5. The van der Waals surface area contributed by atoms with Crippen LogP contribution in [-0.2, 0) is 19.7 Å². The summed E-state index contributed by atoms with van der Waals surface area (Å²) in [7, 11) is 1.31. The number of ether oxygens (including phenoxy) is 2. The Morgan fingerprint density at radius 1 is 1.03 bits per heavy atom. The van der Waals surface area contributed by atoms with Crippen molar-refractivity contribution < 1.29 is 19.1 Å². The van der Waals surface area contributed by atoms with Crippen LogP contribution in [0.25, 0.3) is 0 Å². The van der Waals surface area contributed by atoms with Crippen LogP contribution in [0.4, 0.5) is 0 Å². The molecule has 0 saturated carbocycles. The Kier molecular flexibility index (Phi) is 5.31. The zero-order chi connectivity index (χ0) is 21.3. The SMILES string of the molecule is C=C(C(=O)OC)[C@H](c1ccccc1)[C@@]1(c2ccccc2)C(=O)Oc2ccc(Br)cc21. The Morgan fingerprint density at radius 2 is 1.67 bits per heavy atom. The number of carbonyl (C=O) groups is 2. The zero-order valence-electron chi connectivity index (χ0n) is 16.3. The number of carbonyl (C=O) groups excluding carboxylic acids is 2. The van der Waals surface area contributed by atoms with Crippen LogP contribution in [0.1, 0.15) is 22.6 Å². The van der Waals surface area contributed by atoms with E-state index < -0.39 is 23.3 Å². The lowest BCUT2D eigenvalue weighted by molar-refractivity contribution is -0.138. The number of fused-ring (bicyclic) bond motifs is 1. The summed E-state index contributed by atoms with van der Waals surface area (Å²) in [6, 6.07) is 24.2. The Hall–Kier alpha value is -3.18. The van der Waals surface area contributed by atoms with E-state index >= 15 is 0 Å². The first kappa shape index (κ1) is 20.1. The molecule has 0 aliphatic carbocycles. The maximum absolute atomic E-state index is 13.7. The van der Waals surface area contributed by atoms with Gasteiger partial charge in [0, 0.05) is 21.5 Å². The summed E-state index contributed by atoms with van der Waals surface area (Å²) in [5.74, 6) is -1.29. The first-order valence-electron chi connectivity index (χ1n) is 9.40. The van der Waals surface area contributed by atoms with Gasteiger partial charge in [0.1, 0.15) is 11.2 Å². The van der Waals surface area contributed by atoms with Gasteiger partial charge >= 0.3 is 11.9 Å². The summed E-state index contributed by atoms with van der Waals surface area (Å²) in [5.41, 5.74) is 1.03. The van der Waals surface area contributed by atoms with Crippen LogP contribution < -0.4 is 4.74 Å². The normalized spacial score (nSPS) is 18.3. The van der Waals surface area contributed by atoms with Gasteiger partial charge in [-0.3, -0.25) is 4.79 Å². The molecule has 0 aromatic heterocycles. The van der Waals surface area contributed by atoms with Gasteiger partial charge in [-0.15, -0.1) is 0 Å². The molecule has 150 valence electrons. The summed E-state index contributed by atoms with van der Waals surface area (Å²) in [5, 5.41) is 0. The van der Waals surface area contributed by atoms with E-state index in [1.807, 2.05) is 72.8 Å². The van der Waals surface area contributed by atoms with Crippen molar-refractivity contribution in [2.24, 2.45) is 0 Å². The fraction of sp³-hybridized carbons (Fsp3) is 0.120. The van der Waals surface area contributed by atoms with Gasteiger partial charge < -0.3 is 9.47 Å². The second kappa shape index (κ2) is 7.92. The van der Waals surface area contributed by atoms with Crippen molar-refractivity contribution >= 4 is 27.9 Å². The van der Waals surface area contributed by atoms with E-state index in [0.29, 0.717) is 16.9 Å². The van der Waals surface area contributed by atoms with Crippen molar-refractivity contribution in [2.45, 2.75) is 11.3 Å². The summed E-state index contributed by atoms with van der Waals surface area (Å²) in [4.78, 5) is 26.3. The van der Waals surface area contributed by atoms with Gasteiger partial charge in [0.05, 0.1) is 7.11 Å². The lowest BCUT2D eigenvalue weighted by Crippen LogP contribution is -2.43. The molecular weight excluding hydrogens is 444 g/mol. The van der Waals surface area contributed by atoms with Gasteiger partial charge in [0.2, 0.25) is 0 Å². The van der Waals surface area contributed by atoms with E-state index in [1.54, 1.807) is 6.07 Å². The maximum atomic E-state index is 13.7. The van der Waals surface area contributed by atoms with E-state index in [9.17, 15) is 9.59 Å². The summed E-state index contributed by atoms with van der Waals surface area (Å²) in [6.45, 7) is 4.05. The molecule has 0 radical (unpaired) electrons. The minimum Gasteiger partial charge on any atom is -0.466 e. The van der Waals surface area contributed by atoms with Gasteiger partial charge in [0.25, 0.3) is 0 Å². The number of halogens is 1. The number of rotatable bonds is 5. The van der Waals surface area contributed by atoms with Crippen molar-refractivity contribution in [3.63, 3.8) is 0 Å². The molecule has 0 spiro atoms. The monoisotopic (exact) mass is 462 g/mol. The fourth-order valence-corrected chi connectivity index (χ4v) is 4.57. The van der Waals surface area contributed by atoms with Gasteiger partial charge in [0.15, 0.2) is 0 Å². The molecule has 2 atom stereocenters. The topological polar surface area (TPSA) is 52.6 Å². The molecule has 5 heteroatoms. The quantitative estimate of drug-likeness (QED) is 0.298. The van der Waals surface area contributed by atoms with E-state index in [4.69, 9.17) is 9.47 Å². The minimum absolute atomic E-state index is 0.178. The third kappa shape index (κ3) is 3.06. The number of hydrogen-bond donors (Lipinski definition) is 0. The van der Waals surface area contributed by atoms with Crippen molar-refractivity contribution in [1.82, 2.24) is 0 Å². The maximum Gasteiger partial charge on any atom is 0.333 e. The molecule has 4 nitrogen and oxygen atoms in total. The standard InChI is InChI=1S/C25H19BrO4/c1-16(23(27)29-2)22(17-9-5-3-6-10-17)25(18-11-7-4-8-12-18)20-15-19(26)13-14-21(20)30-24(25)28/h3-15,22H,1H2,2H3/t22-,25+/m1/s1. The van der Waals surface area contributed by atoms with Crippen LogP contribution >= 0.6 is 15.9 Å². The molecule has 1 heterocycles. The third-order valence-electron chi connectivity index (χ3n) is 5.48. The molecule has 30 heavy (non-hydrogen) atoms. The van der Waals surface area contributed by atoms with Crippen molar-refractivity contribution in [3.05, 3.63) is 112 Å². The van der Waals surface area contributed by atoms with Gasteiger partial charge in [-0.1, -0.05) is 83.2 Å². The molecule has 0 amide bonds. The molecular formula is C25H19BrO4. The van der Waals surface area contributed by atoms with E-state index in [0.717, 1.165) is 10.0 Å². The Balaban J connectivity index is 2.10. The number of benzene rings is 3. The molecule has 1 aliphatic heterocycles. The summed E-state index contributed by atoms with van der Waals surface area (Å²) in [6.07, 6.45) is 0. The van der Waals surface area contributed by atoms with Crippen LogP contribution in [0, 0.1) is 0 Å². The highest BCUT2D eigenvalue weighted by atomic mass is 79.9. The molecule has 3 aromatic rings. The van der Waals surface area contributed by atoms with Crippen molar-refractivity contribution in [1.29, 1.82) is 0 Å². The third-order valence-corrected chi connectivity index (χ3v) is 5.98. The largest absolute Gasteiger partial charge is 0.466 e. The fourth-order valence-electron chi connectivity index (χ4n) is 4.21. The van der Waals surface area contributed by atoms with E-state index in [1.165, 1.54) is 7.11 Å². The zero-order valence-corrected chi connectivity index (χ0v) is 17.9. The molecule has 0 fully saturated rings. The van der Waals surface area contributed by atoms with Gasteiger partial charge in [-0.25, -0.2) is 4.79 Å². The molecule has 0 saturated heterocycles. The number of methoxy groups -OCH3 is 1. The highest BCUT2D eigenvalue weighted by Crippen LogP contribution is 2.55. The van der Waals surface area contributed by atoms with Crippen molar-refractivity contribution in [3.8, 4) is 5.75 Å².